The van der Waals surface area contributed by atoms with Crippen LogP contribution >= 0.6 is 27.5 Å². The van der Waals surface area contributed by atoms with E-state index in [-0.39, 0.29) is 17.9 Å². The van der Waals surface area contributed by atoms with Crippen LogP contribution in [-0.4, -0.2) is 22.4 Å². The minimum Gasteiger partial charge on any atom is -0.450 e. The summed E-state index contributed by atoms with van der Waals surface area (Å²) < 4.78 is 7.67. The largest absolute Gasteiger partial charge is 0.450 e. The number of rotatable bonds is 4. The molecule has 1 aliphatic heterocycles. The van der Waals surface area contributed by atoms with Gasteiger partial charge < -0.3 is 14.2 Å². The highest BCUT2D eigenvalue weighted by atomic mass is 79.9. The SMILES string of the molecule is C=C1NN=C(Cn2ccc(Br)c(Oc3cc(Cl)cc(C#N)c3)c2=O)N1C. The number of halogens is 2. The first kappa shape index (κ1) is 18.0. The van der Waals surface area contributed by atoms with E-state index in [1.54, 1.807) is 24.2 Å². The van der Waals surface area contributed by atoms with E-state index < -0.39 is 0 Å². The lowest BCUT2D eigenvalue weighted by Crippen LogP contribution is -2.31. The smallest absolute Gasteiger partial charge is 0.295 e. The molecule has 132 valence electrons. The van der Waals surface area contributed by atoms with Gasteiger partial charge in [0.25, 0.3) is 5.56 Å². The van der Waals surface area contributed by atoms with Crippen molar-refractivity contribution in [1.82, 2.24) is 14.9 Å². The molecule has 1 N–H and O–H groups in total. The van der Waals surface area contributed by atoms with E-state index in [0.717, 1.165) is 0 Å². The first-order chi connectivity index (χ1) is 12.4. The van der Waals surface area contributed by atoms with Gasteiger partial charge in [0.2, 0.25) is 5.75 Å². The van der Waals surface area contributed by atoms with E-state index in [1.165, 1.54) is 22.8 Å². The Morgan fingerprint density at radius 3 is 2.88 bits per heavy atom. The summed E-state index contributed by atoms with van der Waals surface area (Å²) in [4.78, 5) is 14.6. The van der Waals surface area contributed by atoms with Crippen molar-refractivity contribution in [2.45, 2.75) is 6.54 Å². The molecule has 0 saturated carbocycles. The summed E-state index contributed by atoms with van der Waals surface area (Å²) in [6.07, 6.45) is 1.63. The summed E-state index contributed by atoms with van der Waals surface area (Å²) in [5.41, 5.74) is 2.75. The molecular formula is C17H13BrClN5O2. The van der Waals surface area contributed by atoms with Gasteiger partial charge in [0.05, 0.1) is 22.7 Å². The van der Waals surface area contributed by atoms with E-state index in [0.29, 0.717) is 32.5 Å². The number of benzene rings is 1. The van der Waals surface area contributed by atoms with Gasteiger partial charge in [-0.2, -0.15) is 10.4 Å². The second-order valence-electron chi connectivity index (χ2n) is 5.46. The minimum atomic E-state index is -0.355. The van der Waals surface area contributed by atoms with Gasteiger partial charge in [0.1, 0.15) is 11.6 Å². The minimum absolute atomic E-state index is 0.0895. The maximum Gasteiger partial charge on any atom is 0.295 e. The lowest BCUT2D eigenvalue weighted by Gasteiger charge is -2.15. The van der Waals surface area contributed by atoms with Crippen molar-refractivity contribution in [1.29, 1.82) is 5.26 Å². The topological polar surface area (TPSA) is 82.6 Å². The van der Waals surface area contributed by atoms with Crippen molar-refractivity contribution in [3.8, 4) is 17.6 Å². The molecule has 7 nitrogen and oxygen atoms in total. The third-order valence-corrected chi connectivity index (χ3v) is 4.55. The van der Waals surface area contributed by atoms with Crippen molar-refractivity contribution in [2.75, 3.05) is 7.05 Å². The summed E-state index contributed by atoms with van der Waals surface area (Å²) >= 11 is 9.31. The zero-order valence-electron chi connectivity index (χ0n) is 13.7. The Kier molecular flexibility index (Phi) is 5.02. The normalized spacial score (nSPS) is 13.2. The number of nitrogens with one attached hydrogen (secondary N) is 1. The number of aromatic nitrogens is 1. The Bertz CT molecular complexity index is 1020. The van der Waals surface area contributed by atoms with E-state index in [2.05, 4.69) is 33.0 Å². The Morgan fingerprint density at radius 2 is 2.23 bits per heavy atom. The first-order valence-electron chi connectivity index (χ1n) is 7.41. The molecule has 0 atom stereocenters. The fourth-order valence-electron chi connectivity index (χ4n) is 2.28. The Hall–Kier alpha value is -2.76. The molecule has 0 fully saturated rings. The molecule has 0 bridgehead atoms. The van der Waals surface area contributed by atoms with Crippen molar-refractivity contribution in [2.24, 2.45) is 5.10 Å². The number of hydrazone groups is 1. The number of amidine groups is 1. The van der Waals surface area contributed by atoms with E-state index in [1.807, 2.05) is 6.07 Å². The van der Waals surface area contributed by atoms with Crippen LogP contribution in [0, 0.1) is 11.3 Å². The first-order valence-corrected chi connectivity index (χ1v) is 8.59. The quantitative estimate of drug-likeness (QED) is 0.799. The summed E-state index contributed by atoms with van der Waals surface area (Å²) in [5, 5.41) is 13.5. The van der Waals surface area contributed by atoms with Gasteiger partial charge in [-0.15, -0.1) is 0 Å². The highest BCUT2D eigenvalue weighted by Crippen LogP contribution is 2.28. The summed E-state index contributed by atoms with van der Waals surface area (Å²) in [7, 11) is 1.80. The maximum atomic E-state index is 12.8. The average molecular weight is 435 g/mol. The zero-order valence-corrected chi connectivity index (χ0v) is 16.0. The Morgan fingerprint density at radius 1 is 1.46 bits per heavy atom. The van der Waals surface area contributed by atoms with E-state index in [9.17, 15) is 4.79 Å². The number of likely N-dealkylation sites (N-methyl/N-ethyl adjacent to an activating group) is 1. The molecule has 2 heterocycles. The fourth-order valence-corrected chi connectivity index (χ4v) is 2.87. The number of nitriles is 1. The summed E-state index contributed by atoms with van der Waals surface area (Å²) in [6, 6.07) is 8.26. The number of ether oxygens (including phenoxy) is 1. The van der Waals surface area contributed by atoms with Gasteiger partial charge in [-0.1, -0.05) is 18.2 Å². The summed E-state index contributed by atoms with van der Waals surface area (Å²) in [5.74, 6) is 1.66. The van der Waals surface area contributed by atoms with Crippen LogP contribution in [0.3, 0.4) is 0 Å². The average Bonchev–Trinajstić information content (AvgIpc) is 2.92. The van der Waals surface area contributed by atoms with Crippen molar-refractivity contribution < 1.29 is 4.74 Å². The predicted molar refractivity (Wildman–Crippen MR) is 102 cm³/mol. The van der Waals surface area contributed by atoms with Gasteiger partial charge in [-0.05, 0) is 40.2 Å². The van der Waals surface area contributed by atoms with E-state index in [4.69, 9.17) is 21.6 Å². The molecule has 1 aromatic heterocycles. The molecule has 0 radical (unpaired) electrons. The van der Waals surface area contributed by atoms with E-state index >= 15 is 0 Å². The molecule has 1 aliphatic rings. The van der Waals surface area contributed by atoms with Gasteiger partial charge >= 0.3 is 0 Å². The second-order valence-corrected chi connectivity index (χ2v) is 6.75. The molecule has 0 aliphatic carbocycles. The van der Waals surface area contributed by atoms with Gasteiger partial charge in [-0.3, -0.25) is 10.2 Å². The monoisotopic (exact) mass is 433 g/mol. The molecule has 9 heteroatoms. The highest BCUT2D eigenvalue weighted by Gasteiger charge is 2.19. The third-order valence-electron chi connectivity index (χ3n) is 3.71. The van der Waals surface area contributed by atoms with Crippen molar-refractivity contribution in [3.05, 3.63) is 68.3 Å². The Labute approximate surface area is 162 Å². The van der Waals surface area contributed by atoms with Crippen molar-refractivity contribution >= 4 is 33.4 Å². The van der Waals surface area contributed by atoms with Crippen LogP contribution < -0.4 is 15.7 Å². The highest BCUT2D eigenvalue weighted by molar-refractivity contribution is 9.10. The zero-order chi connectivity index (χ0) is 18.8. The molecule has 3 rings (SSSR count). The molecule has 0 amide bonds. The van der Waals surface area contributed by atoms with Crippen molar-refractivity contribution in [3.63, 3.8) is 0 Å². The lowest BCUT2D eigenvalue weighted by molar-refractivity contribution is 0.464. The van der Waals surface area contributed by atoms with Crippen LogP contribution in [0.25, 0.3) is 0 Å². The molecular weight excluding hydrogens is 422 g/mol. The lowest BCUT2D eigenvalue weighted by atomic mass is 10.2. The Balaban J connectivity index is 1.94. The van der Waals surface area contributed by atoms with Gasteiger partial charge in [-0.25, -0.2) is 0 Å². The molecule has 0 saturated heterocycles. The molecule has 0 spiro atoms. The molecule has 2 aromatic rings. The summed E-state index contributed by atoms with van der Waals surface area (Å²) in [6.45, 7) is 4.04. The third kappa shape index (κ3) is 3.59. The van der Waals surface area contributed by atoms with Crippen LogP contribution in [-0.2, 0) is 6.54 Å². The number of pyridine rings is 1. The van der Waals surface area contributed by atoms with Crippen LogP contribution in [0.5, 0.6) is 11.5 Å². The van der Waals surface area contributed by atoms with Crippen LogP contribution in [0.2, 0.25) is 5.02 Å². The maximum absolute atomic E-state index is 12.8. The molecule has 0 unspecified atom stereocenters. The van der Waals surface area contributed by atoms with Gasteiger partial charge in [0.15, 0.2) is 5.84 Å². The number of nitrogens with zero attached hydrogens (tertiary/aromatic N) is 4. The van der Waals surface area contributed by atoms with Crippen LogP contribution in [0.15, 0.2) is 57.2 Å². The standard InChI is InChI=1S/C17H13BrClN5O2/c1-10-21-22-15(23(10)2)9-24-4-3-14(18)16(17(24)25)26-13-6-11(8-20)5-12(19)7-13/h3-7,21H,1,9H2,2H3. The van der Waals surface area contributed by atoms with Crippen LogP contribution in [0.1, 0.15) is 5.56 Å². The fraction of sp³-hybridized carbons (Fsp3) is 0.118. The van der Waals surface area contributed by atoms with Crippen LogP contribution in [0.4, 0.5) is 0 Å². The molecule has 26 heavy (non-hydrogen) atoms. The van der Waals surface area contributed by atoms with Gasteiger partial charge in [0, 0.05) is 18.3 Å². The predicted octanol–water partition coefficient (Wildman–Crippen LogP) is 3.25. The number of hydrogen-bond acceptors (Lipinski definition) is 6. The molecule has 1 aromatic carbocycles. The number of hydrogen-bond donors (Lipinski definition) is 1. The second kappa shape index (κ2) is 7.23.